The Morgan fingerprint density at radius 3 is 2.62 bits per heavy atom. The molecule has 0 aliphatic heterocycles. The van der Waals surface area contributed by atoms with Crippen molar-refractivity contribution in [3.63, 3.8) is 0 Å². The number of rotatable bonds is 6. The zero-order valence-corrected chi connectivity index (χ0v) is 17.9. The Morgan fingerprint density at radius 2 is 1.93 bits per heavy atom. The first kappa shape index (κ1) is 19.9. The van der Waals surface area contributed by atoms with E-state index in [1.165, 1.54) is 15.9 Å². The molecule has 0 atom stereocenters. The van der Waals surface area contributed by atoms with Crippen molar-refractivity contribution in [2.45, 2.75) is 19.8 Å². The number of aromatic nitrogens is 3. The first-order chi connectivity index (χ1) is 14.0. The summed E-state index contributed by atoms with van der Waals surface area (Å²) < 4.78 is 7.53. The van der Waals surface area contributed by atoms with Crippen molar-refractivity contribution in [1.82, 2.24) is 14.6 Å². The second-order valence-electron chi connectivity index (χ2n) is 6.45. The van der Waals surface area contributed by atoms with Crippen LogP contribution in [0.4, 0.5) is 0 Å². The third-order valence-corrected chi connectivity index (χ3v) is 6.00. The molecule has 8 heteroatoms. The van der Waals surface area contributed by atoms with Gasteiger partial charge in [-0.15, -0.1) is 5.10 Å². The molecular weight excluding hydrogens is 429 g/mol. The highest BCUT2D eigenvalue weighted by Gasteiger charge is 2.12. The number of ether oxygens (including phenoxy) is 1. The monoisotopic (exact) mass is 445 g/mol. The van der Waals surface area contributed by atoms with Crippen LogP contribution in [0.1, 0.15) is 25.3 Å². The number of hydrogen-bond acceptors (Lipinski definition) is 5. The molecule has 0 amide bonds. The molecule has 148 valence electrons. The summed E-state index contributed by atoms with van der Waals surface area (Å²) in [7, 11) is 0. The van der Waals surface area contributed by atoms with Crippen molar-refractivity contribution >= 4 is 45.6 Å². The Kier molecular flexibility index (Phi) is 5.85. The standard InChI is InChI=1S/C21H17Cl2N3O2S/c1-2-3-10-28-15-7-5-14(6-8-15)19-24-21-26(25-19)20(27)18(29-21)12-13-4-9-16(22)17(23)11-13/h4-9,11-12H,2-3,10H2,1H3. The summed E-state index contributed by atoms with van der Waals surface area (Å²) in [4.78, 5) is 17.7. The third kappa shape index (κ3) is 4.29. The van der Waals surface area contributed by atoms with E-state index in [9.17, 15) is 4.79 Å². The van der Waals surface area contributed by atoms with Gasteiger partial charge in [0.25, 0.3) is 5.56 Å². The fourth-order valence-corrected chi connectivity index (χ4v) is 3.96. The van der Waals surface area contributed by atoms with E-state index in [1.807, 2.05) is 24.3 Å². The molecule has 2 aromatic heterocycles. The second-order valence-corrected chi connectivity index (χ2v) is 8.27. The number of thiazole rings is 1. The van der Waals surface area contributed by atoms with Crippen LogP contribution in [-0.2, 0) is 0 Å². The summed E-state index contributed by atoms with van der Waals surface area (Å²) in [6, 6.07) is 12.8. The lowest BCUT2D eigenvalue weighted by Gasteiger charge is -2.05. The fourth-order valence-electron chi connectivity index (χ4n) is 2.74. The molecule has 0 radical (unpaired) electrons. The molecule has 0 aliphatic rings. The van der Waals surface area contributed by atoms with Crippen molar-refractivity contribution in [3.05, 3.63) is 73.0 Å². The van der Waals surface area contributed by atoms with E-state index in [4.69, 9.17) is 27.9 Å². The molecule has 29 heavy (non-hydrogen) atoms. The molecule has 4 aromatic rings. The molecule has 2 aromatic carbocycles. The highest BCUT2D eigenvalue weighted by Crippen LogP contribution is 2.23. The Labute approximate surface area is 181 Å². The summed E-state index contributed by atoms with van der Waals surface area (Å²) in [5.74, 6) is 1.32. The minimum atomic E-state index is -0.214. The first-order valence-corrected chi connectivity index (χ1v) is 10.7. The van der Waals surface area contributed by atoms with Crippen molar-refractivity contribution in [2.75, 3.05) is 6.61 Å². The smallest absolute Gasteiger partial charge is 0.291 e. The molecule has 0 fully saturated rings. The molecule has 0 bridgehead atoms. The summed E-state index contributed by atoms with van der Waals surface area (Å²) in [6.45, 7) is 2.83. The van der Waals surface area contributed by atoms with E-state index in [0.717, 1.165) is 29.7 Å². The van der Waals surface area contributed by atoms with Gasteiger partial charge < -0.3 is 4.74 Å². The lowest BCUT2D eigenvalue weighted by molar-refractivity contribution is 0.309. The van der Waals surface area contributed by atoms with Crippen molar-refractivity contribution in [2.24, 2.45) is 0 Å². The maximum Gasteiger partial charge on any atom is 0.291 e. The van der Waals surface area contributed by atoms with Crippen molar-refractivity contribution < 1.29 is 4.74 Å². The van der Waals surface area contributed by atoms with E-state index in [1.54, 1.807) is 24.3 Å². The van der Waals surface area contributed by atoms with Crippen LogP contribution >= 0.6 is 34.5 Å². The van der Waals surface area contributed by atoms with Gasteiger partial charge in [-0.05, 0) is 54.5 Å². The molecular formula is C21H17Cl2N3O2S. The highest BCUT2D eigenvalue weighted by atomic mass is 35.5. The molecule has 4 rings (SSSR count). The zero-order valence-electron chi connectivity index (χ0n) is 15.6. The van der Waals surface area contributed by atoms with Gasteiger partial charge in [0, 0.05) is 5.56 Å². The Hall–Kier alpha value is -2.41. The molecule has 0 aliphatic carbocycles. The maximum absolute atomic E-state index is 12.7. The molecule has 0 unspecified atom stereocenters. The minimum absolute atomic E-state index is 0.214. The van der Waals surface area contributed by atoms with E-state index in [0.29, 0.717) is 32.0 Å². The summed E-state index contributed by atoms with van der Waals surface area (Å²) in [5.41, 5.74) is 1.41. The second kappa shape index (κ2) is 8.53. The van der Waals surface area contributed by atoms with E-state index < -0.39 is 0 Å². The highest BCUT2D eigenvalue weighted by molar-refractivity contribution is 7.15. The van der Waals surface area contributed by atoms with Gasteiger partial charge in [0.15, 0.2) is 5.82 Å². The van der Waals surface area contributed by atoms with E-state index in [-0.39, 0.29) is 5.56 Å². The van der Waals surface area contributed by atoms with Crippen LogP contribution in [0.2, 0.25) is 10.0 Å². The Bertz CT molecular complexity index is 1270. The molecule has 0 spiro atoms. The number of fused-ring (bicyclic) bond motifs is 1. The predicted octanol–water partition coefficient (Wildman–Crippen LogP) is 4.85. The van der Waals surface area contributed by atoms with Gasteiger partial charge in [0.1, 0.15) is 5.75 Å². The Balaban J connectivity index is 1.62. The quantitative estimate of drug-likeness (QED) is 0.398. The topological polar surface area (TPSA) is 56.5 Å². The normalized spacial score (nSPS) is 12.0. The van der Waals surface area contributed by atoms with Crippen LogP contribution in [0, 0.1) is 0 Å². The molecule has 0 N–H and O–H groups in total. The first-order valence-electron chi connectivity index (χ1n) is 9.15. The number of unbranched alkanes of at least 4 members (excludes halogenated alkanes) is 1. The van der Waals surface area contributed by atoms with Gasteiger partial charge in [0.2, 0.25) is 4.96 Å². The maximum atomic E-state index is 12.7. The van der Waals surface area contributed by atoms with Crippen LogP contribution in [0.25, 0.3) is 22.4 Å². The van der Waals surface area contributed by atoms with E-state index >= 15 is 0 Å². The number of halogens is 2. The summed E-state index contributed by atoms with van der Waals surface area (Å²) >= 11 is 13.3. The fraction of sp³-hybridized carbons (Fsp3) is 0.190. The molecule has 2 heterocycles. The number of benzene rings is 2. The van der Waals surface area contributed by atoms with Gasteiger partial charge in [-0.1, -0.05) is 53.9 Å². The molecule has 0 saturated carbocycles. The minimum Gasteiger partial charge on any atom is -0.494 e. The molecule has 0 saturated heterocycles. The van der Waals surface area contributed by atoms with E-state index in [2.05, 4.69) is 17.0 Å². The summed E-state index contributed by atoms with van der Waals surface area (Å²) in [5, 5.41) is 5.29. The predicted molar refractivity (Wildman–Crippen MR) is 118 cm³/mol. The average Bonchev–Trinajstić information content (AvgIpc) is 3.25. The number of hydrogen-bond donors (Lipinski definition) is 0. The van der Waals surface area contributed by atoms with Gasteiger partial charge in [-0.25, -0.2) is 0 Å². The van der Waals surface area contributed by atoms with Crippen LogP contribution in [-0.4, -0.2) is 21.2 Å². The number of nitrogens with zero attached hydrogens (tertiary/aromatic N) is 3. The SMILES string of the molecule is CCCCOc1ccc(-c2nc3sc(=Cc4ccc(Cl)c(Cl)c4)c(=O)n3n2)cc1. The molecule has 5 nitrogen and oxygen atoms in total. The van der Waals surface area contributed by atoms with Crippen LogP contribution in [0.15, 0.2) is 47.3 Å². The third-order valence-electron chi connectivity index (χ3n) is 4.30. The largest absolute Gasteiger partial charge is 0.494 e. The Morgan fingerprint density at radius 1 is 1.14 bits per heavy atom. The lowest BCUT2D eigenvalue weighted by Crippen LogP contribution is -2.23. The van der Waals surface area contributed by atoms with Gasteiger partial charge >= 0.3 is 0 Å². The zero-order chi connectivity index (χ0) is 20.4. The van der Waals surface area contributed by atoms with Crippen LogP contribution < -0.4 is 14.8 Å². The van der Waals surface area contributed by atoms with Crippen molar-refractivity contribution in [3.8, 4) is 17.1 Å². The van der Waals surface area contributed by atoms with Crippen LogP contribution in [0.3, 0.4) is 0 Å². The summed E-state index contributed by atoms with van der Waals surface area (Å²) in [6.07, 6.45) is 3.87. The van der Waals surface area contributed by atoms with Gasteiger partial charge in [0.05, 0.1) is 21.2 Å². The lowest BCUT2D eigenvalue weighted by atomic mass is 10.2. The van der Waals surface area contributed by atoms with Crippen LogP contribution in [0.5, 0.6) is 5.75 Å². The van der Waals surface area contributed by atoms with Crippen molar-refractivity contribution in [1.29, 1.82) is 0 Å². The van der Waals surface area contributed by atoms with Gasteiger partial charge in [-0.3, -0.25) is 4.79 Å². The van der Waals surface area contributed by atoms with Gasteiger partial charge in [-0.2, -0.15) is 9.50 Å². The average molecular weight is 446 g/mol.